The van der Waals surface area contributed by atoms with Crippen LogP contribution in [-0.4, -0.2) is 35.1 Å². The summed E-state index contributed by atoms with van der Waals surface area (Å²) in [5, 5.41) is 4.96. The lowest BCUT2D eigenvalue weighted by Gasteiger charge is -2.06. The SMILES string of the molecule is CCNC(=O)NCCCP(=O)(O)O. The molecule has 7 heteroatoms. The molecule has 0 saturated carbocycles. The van der Waals surface area contributed by atoms with Crippen molar-refractivity contribution in [1.29, 1.82) is 0 Å². The Kier molecular flexibility index (Phi) is 5.70. The Morgan fingerprint density at radius 3 is 2.46 bits per heavy atom. The third-order valence-corrected chi connectivity index (χ3v) is 2.15. The van der Waals surface area contributed by atoms with Gasteiger partial charge in [-0.05, 0) is 13.3 Å². The Morgan fingerprint density at radius 1 is 1.38 bits per heavy atom. The van der Waals surface area contributed by atoms with Gasteiger partial charge in [0.1, 0.15) is 0 Å². The molecule has 0 spiro atoms. The minimum absolute atomic E-state index is 0.195. The van der Waals surface area contributed by atoms with Gasteiger partial charge < -0.3 is 20.4 Å². The lowest BCUT2D eigenvalue weighted by atomic mass is 10.5. The first-order chi connectivity index (χ1) is 5.95. The van der Waals surface area contributed by atoms with Crippen molar-refractivity contribution in [1.82, 2.24) is 10.6 Å². The number of urea groups is 1. The van der Waals surface area contributed by atoms with Gasteiger partial charge in [0.15, 0.2) is 0 Å². The van der Waals surface area contributed by atoms with E-state index in [9.17, 15) is 9.36 Å². The largest absolute Gasteiger partial charge is 0.338 e. The van der Waals surface area contributed by atoms with Crippen LogP contribution in [0.1, 0.15) is 13.3 Å². The maximum atomic E-state index is 10.8. The first-order valence-corrected chi connectivity index (χ1v) is 5.81. The van der Waals surface area contributed by atoms with Gasteiger partial charge in [-0.2, -0.15) is 0 Å². The lowest BCUT2D eigenvalue weighted by molar-refractivity contribution is 0.241. The van der Waals surface area contributed by atoms with E-state index in [0.717, 1.165) is 0 Å². The van der Waals surface area contributed by atoms with Crippen molar-refractivity contribution >= 4 is 13.6 Å². The summed E-state index contributed by atoms with van der Waals surface area (Å²) in [5.74, 6) is 0. The highest BCUT2D eigenvalue weighted by molar-refractivity contribution is 7.51. The molecule has 2 amide bonds. The highest BCUT2D eigenvalue weighted by atomic mass is 31.2. The van der Waals surface area contributed by atoms with Crippen molar-refractivity contribution < 1.29 is 19.1 Å². The first kappa shape index (κ1) is 12.4. The maximum absolute atomic E-state index is 10.8. The maximum Gasteiger partial charge on any atom is 0.325 e. The van der Waals surface area contributed by atoms with E-state index in [1.165, 1.54) is 0 Å². The molecule has 0 aliphatic carbocycles. The number of amides is 2. The normalized spacial score (nSPS) is 11.0. The van der Waals surface area contributed by atoms with Crippen molar-refractivity contribution in [2.75, 3.05) is 19.3 Å². The second-order valence-electron chi connectivity index (χ2n) is 2.53. The van der Waals surface area contributed by atoms with Crippen LogP contribution in [0, 0.1) is 0 Å². The summed E-state index contributed by atoms with van der Waals surface area (Å²) in [6.07, 6.45) is 0.0841. The molecule has 0 bridgehead atoms. The number of nitrogens with one attached hydrogen (secondary N) is 2. The smallest absolute Gasteiger partial charge is 0.325 e. The van der Waals surface area contributed by atoms with E-state index in [1.54, 1.807) is 6.92 Å². The van der Waals surface area contributed by atoms with Gasteiger partial charge in [-0.1, -0.05) is 0 Å². The molecule has 13 heavy (non-hydrogen) atoms. The van der Waals surface area contributed by atoms with Crippen LogP contribution in [0.15, 0.2) is 0 Å². The Hall–Kier alpha value is -0.580. The third kappa shape index (κ3) is 9.33. The Balaban J connectivity index is 3.36. The van der Waals surface area contributed by atoms with Gasteiger partial charge >= 0.3 is 13.6 Å². The topological polar surface area (TPSA) is 98.7 Å². The van der Waals surface area contributed by atoms with Crippen LogP contribution in [0.25, 0.3) is 0 Å². The monoisotopic (exact) mass is 210 g/mol. The van der Waals surface area contributed by atoms with Crippen LogP contribution in [0.5, 0.6) is 0 Å². The van der Waals surface area contributed by atoms with Gasteiger partial charge in [-0.15, -0.1) is 0 Å². The van der Waals surface area contributed by atoms with E-state index in [1.807, 2.05) is 0 Å². The van der Waals surface area contributed by atoms with Crippen LogP contribution in [0.2, 0.25) is 0 Å². The minimum atomic E-state index is -3.91. The summed E-state index contributed by atoms with van der Waals surface area (Å²) >= 11 is 0. The molecular formula is C6H15N2O4P. The van der Waals surface area contributed by atoms with E-state index < -0.39 is 7.60 Å². The predicted molar refractivity (Wildman–Crippen MR) is 48.6 cm³/mol. The molecule has 0 aromatic rings. The predicted octanol–water partition coefficient (Wildman–Crippen LogP) is -0.127. The zero-order valence-corrected chi connectivity index (χ0v) is 8.38. The fourth-order valence-electron chi connectivity index (χ4n) is 0.710. The molecule has 0 unspecified atom stereocenters. The van der Waals surface area contributed by atoms with E-state index in [0.29, 0.717) is 6.54 Å². The summed E-state index contributed by atoms with van der Waals surface area (Å²) in [7, 11) is -3.91. The molecule has 0 aliphatic heterocycles. The zero-order chi connectivity index (χ0) is 10.3. The van der Waals surface area contributed by atoms with E-state index in [2.05, 4.69) is 10.6 Å². The second kappa shape index (κ2) is 5.96. The summed E-state index contributed by atoms with van der Waals surface area (Å²) in [6, 6.07) is -0.312. The minimum Gasteiger partial charge on any atom is -0.338 e. The average molecular weight is 210 g/mol. The van der Waals surface area contributed by atoms with Gasteiger partial charge in [-0.3, -0.25) is 4.57 Å². The molecule has 0 radical (unpaired) electrons. The zero-order valence-electron chi connectivity index (χ0n) is 7.49. The number of rotatable bonds is 5. The molecule has 78 valence electrons. The Bertz CT molecular complexity index is 203. The van der Waals surface area contributed by atoms with Crippen LogP contribution in [-0.2, 0) is 4.57 Å². The molecular weight excluding hydrogens is 195 g/mol. The number of hydrogen-bond acceptors (Lipinski definition) is 2. The van der Waals surface area contributed by atoms with Gasteiger partial charge in [0.25, 0.3) is 0 Å². The van der Waals surface area contributed by atoms with Gasteiger partial charge in [-0.25, -0.2) is 4.79 Å². The van der Waals surface area contributed by atoms with Gasteiger partial charge in [0, 0.05) is 13.1 Å². The Morgan fingerprint density at radius 2 is 2.00 bits per heavy atom. The molecule has 0 aliphatic rings. The Labute approximate surface area is 76.9 Å². The van der Waals surface area contributed by atoms with Crippen molar-refractivity contribution in [2.24, 2.45) is 0 Å². The van der Waals surface area contributed by atoms with E-state index >= 15 is 0 Å². The van der Waals surface area contributed by atoms with E-state index in [4.69, 9.17) is 9.79 Å². The number of carbonyl (C=O) groups excluding carboxylic acids is 1. The van der Waals surface area contributed by atoms with Crippen molar-refractivity contribution in [3.8, 4) is 0 Å². The molecule has 0 fully saturated rings. The molecule has 0 heterocycles. The second-order valence-corrected chi connectivity index (χ2v) is 4.30. The molecule has 0 atom stereocenters. The quantitative estimate of drug-likeness (QED) is 0.375. The van der Waals surface area contributed by atoms with Crippen molar-refractivity contribution in [3.63, 3.8) is 0 Å². The van der Waals surface area contributed by atoms with Gasteiger partial charge in [0.05, 0.1) is 6.16 Å². The van der Waals surface area contributed by atoms with Crippen LogP contribution >= 0.6 is 7.60 Å². The summed E-state index contributed by atoms with van der Waals surface area (Å²) in [6.45, 7) is 2.59. The standard InChI is InChI=1S/C6H15N2O4P/c1-2-7-6(9)8-4-3-5-13(10,11)12/h2-5H2,1H3,(H2,7,8,9)(H2,10,11,12). The molecule has 4 N–H and O–H groups in total. The molecule has 0 aromatic heterocycles. The molecule has 6 nitrogen and oxygen atoms in total. The fraction of sp³-hybridized carbons (Fsp3) is 0.833. The fourth-order valence-corrected chi connectivity index (χ4v) is 1.28. The summed E-state index contributed by atoms with van der Waals surface area (Å²) in [5.41, 5.74) is 0. The molecule has 0 rings (SSSR count). The summed E-state index contributed by atoms with van der Waals surface area (Å²) in [4.78, 5) is 27.7. The van der Waals surface area contributed by atoms with Crippen LogP contribution in [0.4, 0.5) is 4.79 Å². The van der Waals surface area contributed by atoms with Crippen LogP contribution < -0.4 is 10.6 Å². The van der Waals surface area contributed by atoms with Crippen molar-refractivity contribution in [3.05, 3.63) is 0 Å². The van der Waals surface area contributed by atoms with Crippen LogP contribution in [0.3, 0.4) is 0 Å². The highest BCUT2D eigenvalue weighted by Gasteiger charge is 2.11. The summed E-state index contributed by atoms with van der Waals surface area (Å²) < 4.78 is 10.4. The van der Waals surface area contributed by atoms with E-state index in [-0.39, 0.29) is 25.2 Å². The first-order valence-electron chi connectivity index (χ1n) is 4.02. The molecule has 0 aromatic carbocycles. The van der Waals surface area contributed by atoms with Gasteiger partial charge in [0.2, 0.25) is 0 Å². The average Bonchev–Trinajstić information content (AvgIpc) is 1.97. The third-order valence-electron chi connectivity index (χ3n) is 1.25. The molecule has 0 saturated heterocycles. The highest BCUT2D eigenvalue weighted by Crippen LogP contribution is 2.34. The number of hydrogen-bond donors (Lipinski definition) is 4. The van der Waals surface area contributed by atoms with Crippen molar-refractivity contribution in [2.45, 2.75) is 13.3 Å². The lowest BCUT2D eigenvalue weighted by Crippen LogP contribution is -2.35. The number of carbonyl (C=O) groups is 1.